The largest absolute Gasteiger partial charge is 0.482 e. The first kappa shape index (κ1) is 17.3. The van der Waals surface area contributed by atoms with Crippen molar-refractivity contribution in [3.63, 3.8) is 0 Å². The van der Waals surface area contributed by atoms with E-state index in [1.54, 1.807) is 23.1 Å². The zero-order valence-electron chi connectivity index (χ0n) is 14.9. The molecule has 6 heteroatoms. The van der Waals surface area contributed by atoms with Gasteiger partial charge < -0.3 is 15.0 Å². The maximum absolute atomic E-state index is 12.7. The summed E-state index contributed by atoms with van der Waals surface area (Å²) in [5.74, 6) is 0.138. The molecule has 0 aliphatic carbocycles. The second-order valence-electron chi connectivity index (χ2n) is 6.75. The van der Waals surface area contributed by atoms with E-state index in [9.17, 15) is 14.4 Å². The molecule has 0 bridgehead atoms. The summed E-state index contributed by atoms with van der Waals surface area (Å²) in [5, 5.41) is 2.69. The van der Waals surface area contributed by atoms with E-state index in [1.165, 1.54) is 5.56 Å². The van der Waals surface area contributed by atoms with Gasteiger partial charge in [-0.2, -0.15) is 0 Å². The molecule has 27 heavy (non-hydrogen) atoms. The van der Waals surface area contributed by atoms with Gasteiger partial charge in [0, 0.05) is 30.6 Å². The summed E-state index contributed by atoms with van der Waals surface area (Å²) in [6.07, 6.45) is 2.20. The smallest absolute Gasteiger partial charge is 0.262 e. The number of hydrogen-bond acceptors (Lipinski definition) is 4. The molecule has 2 aliphatic heterocycles. The van der Waals surface area contributed by atoms with Gasteiger partial charge in [0.2, 0.25) is 5.91 Å². The topological polar surface area (TPSA) is 75.7 Å². The molecule has 0 fully saturated rings. The van der Waals surface area contributed by atoms with E-state index < -0.39 is 0 Å². The number of rotatable bonds is 4. The molecular formula is C21H20N2O4. The number of anilines is 2. The molecular weight excluding hydrogens is 344 g/mol. The van der Waals surface area contributed by atoms with Crippen molar-refractivity contribution in [2.45, 2.75) is 25.7 Å². The zero-order chi connectivity index (χ0) is 18.8. The number of fused-ring (bicyclic) bond motifs is 2. The number of para-hydroxylation sites is 1. The number of carbonyl (C=O) groups is 3. The molecule has 0 saturated carbocycles. The molecule has 2 aliphatic rings. The van der Waals surface area contributed by atoms with E-state index in [0.717, 1.165) is 18.5 Å². The third-order valence-corrected chi connectivity index (χ3v) is 4.91. The fourth-order valence-electron chi connectivity index (χ4n) is 3.55. The van der Waals surface area contributed by atoms with Crippen LogP contribution in [-0.2, 0) is 16.0 Å². The second-order valence-corrected chi connectivity index (χ2v) is 6.75. The lowest BCUT2D eigenvalue weighted by atomic mass is 10.0. The number of aryl methyl sites for hydroxylation is 1. The number of ether oxygens (including phenoxy) is 1. The molecule has 1 N–H and O–H groups in total. The van der Waals surface area contributed by atoms with Gasteiger partial charge in [0.15, 0.2) is 12.4 Å². The number of hydrogen-bond donors (Lipinski definition) is 1. The van der Waals surface area contributed by atoms with Crippen molar-refractivity contribution < 1.29 is 19.1 Å². The Morgan fingerprint density at radius 3 is 2.85 bits per heavy atom. The lowest BCUT2D eigenvalue weighted by molar-refractivity contribution is -0.119. The summed E-state index contributed by atoms with van der Waals surface area (Å²) < 4.78 is 5.30. The monoisotopic (exact) mass is 364 g/mol. The van der Waals surface area contributed by atoms with Crippen LogP contribution in [0.15, 0.2) is 42.5 Å². The first-order valence-corrected chi connectivity index (χ1v) is 9.10. The predicted octanol–water partition coefficient (Wildman–Crippen LogP) is 2.96. The number of benzene rings is 2. The Kier molecular flexibility index (Phi) is 4.62. The van der Waals surface area contributed by atoms with Crippen LogP contribution in [0.3, 0.4) is 0 Å². The lowest BCUT2D eigenvalue weighted by Crippen LogP contribution is -2.35. The first-order valence-electron chi connectivity index (χ1n) is 9.10. The summed E-state index contributed by atoms with van der Waals surface area (Å²) in [6.45, 7) is 0.665. The van der Waals surface area contributed by atoms with E-state index in [4.69, 9.17) is 4.74 Å². The number of nitrogens with one attached hydrogen (secondary N) is 1. The number of Topliss-reactive ketones (excluding diaryl/α,β-unsaturated/α-hetero) is 1. The highest BCUT2D eigenvalue weighted by Crippen LogP contribution is 2.30. The van der Waals surface area contributed by atoms with Crippen molar-refractivity contribution in [2.24, 2.45) is 0 Å². The molecule has 2 aromatic carbocycles. The molecule has 2 amide bonds. The van der Waals surface area contributed by atoms with E-state index in [0.29, 0.717) is 23.5 Å². The minimum atomic E-state index is -0.244. The Bertz CT molecular complexity index is 922. The van der Waals surface area contributed by atoms with E-state index in [1.807, 2.05) is 24.3 Å². The van der Waals surface area contributed by atoms with Gasteiger partial charge in [-0.1, -0.05) is 18.2 Å². The molecule has 0 radical (unpaired) electrons. The number of amides is 2. The first-order chi connectivity index (χ1) is 13.1. The van der Waals surface area contributed by atoms with E-state index in [2.05, 4.69) is 5.32 Å². The number of carbonyl (C=O) groups excluding carboxylic acids is 3. The summed E-state index contributed by atoms with van der Waals surface area (Å²) in [7, 11) is 0. The average Bonchev–Trinajstić information content (AvgIpc) is 2.70. The fourth-order valence-corrected chi connectivity index (χ4v) is 3.55. The molecule has 0 aromatic heterocycles. The van der Waals surface area contributed by atoms with Crippen LogP contribution in [-0.4, -0.2) is 30.7 Å². The van der Waals surface area contributed by atoms with Crippen LogP contribution in [0.5, 0.6) is 5.75 Å². The Morgan fingerprint density at radius 1 is 1.11 bits per heavy atom. The second kappa shape index (κ2) is 7.23. The van der Waals surface area contributed by atoms with E-state index >= 15 is 0 Å². The minimum Gasteiger partial charge on any atom is -0.482 e. The van der Waals surface area contributed by atoms with Gasteiger partial charge in [-0.15, -0.1) is 0 Å². The van der Waals surface area contributed by atoms with Crippen molar-refractivity contribution in [1.29, 1.82) is 0 Å². The van der Waals surface area contributed by atoms with Gasteiger partial charge in [0.25, 0.3) is 5.91 Å². The Morgan fingerprint density at radius 2 is 1.96 bits per heavy atom. The zero-order valence-corrected chi connectivity index (χ0v) is 14.9. The molecule has 2 heterocycles. The maximum atomic E-state index is 12.7. The van der Waals surface area contributed by atoms with E-state index in [-0.39, 0.29) is 37.0 Å². The maximum Gasteiger partial charge on any atom is 0.262 e. The lowest BCUT2D eigenvalue weighted by Gasteiger charge is -2.29. The summed E-state index contributed by atoms with van der Waals surface area (Å²) in [4.78, 5) is 38.4. The van der Waals surface area contributed by atoms with Crippen molar-refractivity contribution in [2.75, 3.05) is 23.4 Å². The quantitative estimate of drug-likeness (QED) is 0.847. The number of nitrogens with zero attached hydrogens (tertiary/aromatic N) is 1. The van der Waals surface area contributed by atoms with Gasteiger partial charge in [-0.05, 0) is 42.7 Å². The molecule has 6 nitrogen and oxygen atoms in total. The summed E-state index contributed by atoms with van der Waals surface area (Å²) in [6, 6.07) is 12.9. The van der Waals surface area contributed by atoms with Gasteiger partial charge in [-0.3, -0.25) is 14.4 Å². The molecule has 4 rings (SSSR count). The highest BCUT2D eigenvalue weighted by Gasteiger charge is 2.23. The van der Waals surface area contributed by atoms with Crippen molar-refractivity contribution in [3.05, 3.63) is 53.6 Å². The SMILES string of the molecule is O=C1COc2ccc(C(=O)CCC(=O)N3CCCc4ccccc43)cc2N1. The molecule has 2 aromatic rings. The van der Waals surface area contributed by atoms with Crippen LogP contribution in [0.2, 0.25) is 0 Å². The Hall–Kier alpha value is -3.15. The standard InChI is InChI=1S/C21H20N2O4/c24-18(15-7-9-19-16(12-15)22-20(25)13-27-19)8-10-21(26)23-11-3-5-14-4-1-2-6-17(14)23/h1-2,4,6-7,9,12H,3,5,8,10-11,13H2,(H,22,25). The average molecular weight is 364 g/mol. The molecule has 0 atom stereocenters. The fraction of sp³-hybridized carbons (Fsp3) is 0.286. The molecule has 138 valence electrons. The normalized spacial score (nSPS) is 15.3. The predicted molar refractivity (Wildman–Crippen MR) is 101 cm³/mol. The molecule has 0 saturated heterocycles. The third-order valence-electron chi connectivity index (χ3n) is 4.91. The number of ketones is 1. The van der Waals surface area contributed by atoms with Crippen LogP contribution in [0.4, 0.5) is 11.4 Å². The van der Waals surface area contributed by atoms with Crippen LogP contribution < -0.4 is 15.0 Å². The van der Waals surface area contributed by atoms with Crippen LogP contribution in [0.25, 0.3) is 0 Å². The van der Waals surface area contributed by atoms with Gasteiger partial charge in [0.05, 0.1) is 5.69 Å². The minimum absolute atomic E-state index is 0.0217. The third kappa shape index (κ3) is 3.56. The molecule has 0 spiro atoms. The van der Waals surface area contributed by atoms with Crippen molar-refractivity contribution >= 4 is 29.0 Å². The summed E-state index contributed by atoms with van der Waals surface area (Å²) in [5.41, 5.74) is 3.09. The Balaban J connectivity index is 1.42. The van der Waals surface area contributed by atoms with Crippen LogP contribution in [0.1, 0.15) is 35.2 Å². The van der Waals surface area contributed by atoms with Gasteiger partial charge in [-0.25, -0.2) is 0 Å². The highest BCUT2D eigenvalue weighted by atomic mass is 16.5. The van der Waals surface area contributed by atoms with Crippen molar-refractivity contribution in [1.82, 2.24) is 0 Å². The summed E-state index contributed by atoms with van der Waals surface area (Å²) >= 11 is 0. The van der Waals surface area contributed by atoms with Crippen molar-refractivity contribution in [3.8, 4) is 5.75 Å². The van der Waals surface area contributed by atoms with Crippen LogP contribution >= 0.6 is 0 Å². The molecule has 0 unspecified atom stereocenters. The Labute approximate surface area is 157 Å². The van der Waals surface area contributed by atoms with Gasteiger partial charge in [0.1, 0.15) is 5.75 Å². The van der Waals surface area contributed by atoms with Crippen LogP contribution in [0, 0.1) is 0 Å². The highest BCUT2D eigenvalue weighted by molar-refractivity contribution is 6.03. The van der Waals surface area contributed by atoms with Gasteiger partial charge >= 0.3 is 0 Å².